The largest absolute Gasteiger partial charge is 0.336 e. The van der Waals surface area contributed by atoms with Crippen LogP contribution in [0.15, 0.2) is 48.5 Å². The smallest absolute Gasteiger partial charge is 0.319 e. The van der Waals surface area contributed by atoms with Crippen LogP contribution in [-0.4, -0.2) is 18.0 Å². The lowest BCUT2D eigenvalue weighted by atomic mass is 9.95. The van der Waals surface area contributed by atoms with Gasteiger partial charge in [0.2, 0.25) is 5.91 Å². The normalized spacial score (nSPS) is 14.6. The fraction of sp³-hybridized carbons (Fsp3) is 0.300. The summed E-state index contributed by atoms with van der Waals surface area (Å²) in [5.74, 6) is -0.0157. The average Bonchev–Trinajstić information content (AvgIpc) is 3.38. The lowest BCUT2D eigenvalue weighted by Crippen LogP contribution is -2.34. The second-order valence-electron chi connectivity index (χ2n) is 6.87. The van der Waals surface area contributed by atoms with Crippen LogP contribution in [0.2, 0.25) is 5.02 Å². The maximum Gasteiger partial charge on any atom is 0.319 e. The van der Waals surface area contributed by atoms with Crippen LogP contribution in [0, 0.1) is 0 Å². The van der Waals surface area contributed by atoms with Crippen molar-refractivity contribution in [2.75, 3.05) is 10.6 Å². The van der Waals surface area contributed by atoms with Gasteiger partial charge in [-0.3, -0.25) is 4.79 Å². The Morgan fingerprint density at radius 1 is 0.923 bits per heavy atom. The first-order valence-electron chi connectivity index (χ1n) is 8.64. The lowest BCUT2D eigenvalue weighted by Gasteiger charge is -2.16. The third-order valence-electron chi connectivity index (χ3n) is 4.40. The van der Waals surface area contributed by atoms with Gasteiger partial charge in [0.15, 0.2) is 0 Å². The van der Waals surface area contributed by atoms with E-state index >= 15 is 0 Å². The van der Waals surface area contributed by atoms with E-state index in [9.17, 15) is 9.59 Å². The van der Waals surface area contributed by atoms with Gasteiger partial charge in [-0.2, -0.15) is 0 Å². The van der Waals surface area contributed by atoms with Gasteiger partial charge >= 0.3 is 6.03 Å². The number of anilines is 2. The Hall–Kier alpha value is -2.53. The molecule has 0 aliphatic heterocycles. The van der Waals surface area contributed by atoms with Gasteiger partial charge in [0.05, 0.1) is 5.41 Å². The zero-order chi connectivity index (χ0) is 18.7. The predicted molar refractivity (Wildman–Crippen MR) is 105 cm³/mol. The van der Waals surface area contributed by atoms with E-state index in [4.69, 9.17) is 11.6 Å². The average molecular weight is 372 g/mol. The summed E-state index contributed by atoms with van der Waals surface area (Å²) in [7, 11) is 0. The minimum absolute atomic E-state index is 0.0157. The van der Waals surface area contributed by atoms with E-state index in [2.05, 4.69) is 16.0 Å². The molecule has 0 saturated heterocycles. The molecule has 5 nitrogen and oxygen atoms in total. The molecule has 3 rings (SSSR count). The van der Waals surface area contributed by atoms with Crippen molar-refractivity contribution < 1.29 is 9.59 Å². The number of urea groups is 1. The number of carbonyl (C=O) groups is 2. The van der Waals surface area contributed by atoms with Crippen molar-refractivity contribution in [1.82, 2.24) is 5.32 Å². The molecule has 0 heterocycles. The van der Waals surface area contributed by atoms with Crippen LogP contribution < -0.4 is 16.0 Å². The van der Waals surface area contributed by atoms with E-state index in [1.807, 2.05) is 38.1 Å². The van der Waals surface area contributed by atoms with Crippen molar-refractivity contribution in [3.05, 3.63) is 59.1 Å². The molecule has 3 N–H and O–H groups in total. The summed E-state index contributed by atoms with van der Waals surface area (Å²) >= 11 is 5.94. The van der Waals surface area contributed by atoms with Gasteiger partial charge in [0.1, 0.15) is 0 Å². The topological polar surface area (TPSA) is 70.2 Å². The maximum absolute atomic E-state index is 12.7. The molecule has 0 radical (unpaired) electrons. The molecule has 2 aromatic carbocycles. The van der Waals surface area contributed by atoms with E-state index in [1.54, 1.807) is 24.3 Å². The first-order valence-corrected chi connectivity index (χ1v) is 9.02. The Balaban J connectivity index is 1.63. The fourth-order valence-electron chi connectivity index (χ4n) is 2.86. The Kier molecular flexibility index (Phi) is 5.18. The summed E-state index contributed by atoms with van der Waals surface area (Å²) in [6.45, 7) is 3.79. The highest BCUT2D eigenvalue weighted by Crippen LogP contribution is 2.49. The van der Waals surface area contributed by atoms with Gasteiger partial charge in [-0.25, -0.2) is 4.79 Å². The molecular weight excluding hydrogens is 350 g/mol. The van der Waals surface area contributed by atoms with Crippen molar-refractivity contribution in [3.8, 4) is 0 Å². The first kappa shape index (κ1) is 18.3. The summed E-state index contributed by atoms with van der Waals surface area (Å²) < 4.78 is 0. The van der Waals surface area contributed by atoms with Crippen LogP contribution in [0.25, 0.3) is 0 Å². The maximum atomic E-state index is 12.7. The molecule has 0 spiro atoms. The van der Waals surface area contributed by atoms with Crippen molar-refractivity contribution in [1.29, 1.82) is 0 Å². The highest BCUT2D eigenvalue weighted by Gasteiger charge is 2.51. The summed E-state index contributed by atoms with van der Waals surface area (Å²) in [6, 6.07) is 14.3. The molecule has 0 aromatic heterocycles. The van der Waals surface area contributed by atoms with Crippen LogP contribution in [-0.2, 0) is 10.2 Å². The molecule has 1 aliphatic rings. The van der Waals surface area contributed by atoms with E-state index in [0.29, 0.717) is 16.4 Å². The molecule has 1 aliphatic carbocycles. The molecule has 2 aromatic rings. The highest BCUT2D eigenvalue weighted by atomic mass is 35.5. The zero-order valence-corrected chi connectivity index (χ0v) is 15.6. The Morgan fingerprint density at radius 3 is 1.96 bits per heavy atom. The van der Waals surface area contributed by atoms with Crippen LogP contribution in [0.5, 0.6) is 0 Å². The van der Waals surface area contributed by atoms with Gasteiger partial charge < -0.3 is 16.0 Å². The summed E-state index contributed by atoms with van der Waals surface area (Å²) in [4.78, 5) is 24.4. The number of hydrogen-bond acceptors (Lipinski definition) is 2. The summed E-state index contributed by atoms with van der Waals surface area (Å²) in [5.41, 5.74) is 1.90. The number of hydrogen-bond donors (Lipinski definition) is 3. The second-order valence-corrected chi connectivity index (χ2v) is 7.31. The number of nitrogens with one attached hydrogen (secondary N) is 3. The molecule has 3 amide bonds. The molecule has 0 atom stereocenters. The molecule has 26 heavy (non-hydrogen) atoms. The van der Waals surface area contributed by atoms with E-state index < -0.39 is 5.41 Å². The minimum atomic E-state index is -0.460. The zero-order valence-electron chi connectivity index (χ0n) is 14.8. The third-order valence-corrected chi connectivity index (χ3v) is 4.65. The SMILES string of the molecule is CC(C)NC(=O)Nc1ccc(NC(=O)C2(c3ccc(Cl)cc3)CC2)cc1. The number of rotatable bonds is 5. The molecule has 136 valence electrons. The van der Waals surface area contributed by atoms with E-state index in [1.165, 1.54) is 0 Å². The van der Waals surface area contributed by atoms with Crippen molar-refractivity contribution in [2.45, 2.75) is 38.1 Å². The minimum Gasteiger partial charge on any atom is -0.336 e. The fourth-order valence-corrected chi connectivity index (χ4v) is 2.98. The highest BCUT2D eigenvalue weighted by molar-refractivity contribution is 6.30. The van der Waals surface area contributed by atoms with Crippen LogP contribution in [0.4, 0.5) is 16.2 Å². The quantitative estimate of drug-likeness (QED) is 0.722. The molecule has 0 unspecified atom stereocenters. The molecule has 6 heteroatoms. The summed E-state index contributed by atoms with van der Waals surface area (Å²) in [6.07, 6.45) is 1.66. The molecule has 1 fully saturated rings. The Labute approximate surface area is 158 Å². The monoisotopic (exact) mass is 371 g/mol. The van der Waals surface area contributed by atoms with Gasteiger partial charge in [0, 0.05) is 22.4 Å². The second kappa shape index (κ2) is 7.38. The standard InChI is InChI=1S/C20H22ClN3O2/c1-13(2)22-19(26)24-17-9-7-16(8-10-17)23-18(25)20(11-12-20)14-3-5-15(21)6-4-14/h3-10,13H,11-12H2,1-2H3,(H,23,25)(H2,22,24,26). The van der Waals surface area contributed by atoms with Crippen molar-refractivity contribution >= 4 is 34.9 Å². The van der Waals surface area contributed by atoms with Gasteiger partial charge in [-0.15, -0.1) is 0 Å². The van der Waals surface area contributed by atoms with E-state index in [-0.39, 0.29) is 18.0 Å². The molecule has 0 bridgehead atoms. The number of carbonyl (C=O) groups excluding carboxylic acids is 2. The molecular formula is C20H22ClN3O2. The van der Waals surface area contributed by atoms with Crippen LogP contribution in [0.1, 0.15) is 32.3 Å². The van der Waals surface area contributed by atoms with E-state index in [0.717, 1.165) is 18.4 Å². The van der Waals surface area contributed by atoms with Gasteiger partial charge in [-0.05, 0) is 68.7 Å². The summed E-state index contributed by atoms with van der Waals surface area (Å²) in [5, 5.41) is 9.14. The number of benzene rings is 2. The van der Waals surface area contributed by atoms with Gasteiger partial charge in [0.25, 0.3) is 0 Å². The van der Waals surface area contributed by atoms with Crippen molar-refractivity contribution in [3.63, 3.8) is 0 Å². The number of amides is 3. The predicted octanol–water partition coefficient (Wildman–Crippen LogP) is 4.54. The van der Waals surface area contributed by atoms with Crippen LogP contribution >= 0.6 is 11.6 Å². The van der Waals surface area contributed by atoms with Crippen molar-refractivity contribution in [2.24, 2.45) is 0 Å². The first-order chi connectivity index (χ1) is 12.4. The Bertz CT molecular complexity index is 797. The van der Waals surface area contributed by atoms with Gasteiger partial charge in [-0.1, -0.05) is 23.7 Å². The van der Waals surface area contributed by atoms with Crippen LogP contribution in [0.3, 0.4) is 0 Å². The lowest BCUT2D eigenvalue weighted by molar-refractivity contribution is -0.118. The number of halogens is 1. The third kappa shape index (κ3) is 4.17. The molecule has 1 saturated carbocycles. The Morgan fingerprint density at radius 2 is 1.46 bits per heavy atom.